The maximum atomic E-state index is 12.4. The van der Waals surface area contributed by atoms with Crippen molar-refractivity contribution in [2.24, 2.45) is 0 Å². The molecule has 0 spiro atoms. The molecule has 2 heterocycles. The van der Waals surface area contributed by atoms with Crippen molar-refractivity contribution in [3.8, 4) is 0 Å². The van der Waals surface area contributed by atoms with E-state index in [9.17, 15) is 4.79 Å². The van der Waals surface area contributed by atoms with Crippen LogP contribution in [0.5, 0.6) is 0 Å². The van der Waals surface area contributed by atoms with Gasteiger partial charge in [0.1, 0.15) is 5.15 Å². The van der Waals surface area contributed by atoms with E-state index in [2.05, 4.69) is 4.98 Å². The monoisotopic (exact) mass is 295 g/mol. The second-order valence-corrected chi connectivity index (χ2v) is 5.40. The average Bonchev–Trinajstić information content (AvgIpc) is 2.91. The van der Waals surface area contributed by atoms with Gasteiger partial charge in [-0.3, -0.25) is 4.79 Å². The highest BCUT2D eigenvalue weighted by atomic mass is 35.5. The van der Waals surface area contributed by atoms with E-state index in [1.165, 1.54) is 6.20 Å². The van der Waals surface area contributed by atoms with Gasteiger partial charge in [-0.05, 0) is 24.4 Å². The Labute approximate surface area is 120 Å². The molecule has 19 heavy (non-hydrogen) atoms. The molecule has 0 fully saturated rings. The third kappa shape index (κ3) is 3.24. The lowest BCUT2D eigenvalue weighted by molar-refractivity contribution is 0.0754. The summed E-state index contributed by atoms with van der Waals surface area (Å²) in [7, 11) is 0. The van der Waals surface area contributed by atoms with Crippen molar-refractivity contribution in [3.05, 3.63) is 45.4 Å². The summed E-state index contributed by atoms with van der Waals surface area (Å²) in [5.41, 5.74) is 6.43. The third-order valence-electron chi connectivity index (χ3n) is 2.69. The van der Waals surface area contributed by atoms with Crippen LogP contribution in [0.3, 0.4) is 0 Å². The number of pyridine rings is 1. The van der Waals surface area contributed by atoms with E-state index in [1.807, 2.05) is 24.4 Å². The van der Waals surface area contributed by atoms with Gasteiger partial charge in [0.05, 0.1) is 24.0 Å². The lowest BCUT2D eigenvalue weighted by Gasteiger charge is -2.20. The predicted molar refractivity (Wildman–Crippen MR) is 78.4 cm³/mol. The van der Waals surface area contributed by atoms with Gasteiger partial charge in [-0.25, -0.2) is 4.98 Å². The fourth-order valence-electron chi connectivity index (χ4n) is 1.70. The van der Waals surface area contributed by atoms with Crippen molar-refractivity contribution < 1.29 is 4.79 Å². The number of carbonyl (C=O) groups excluding carboxylic acids is 1. The average molecular weight is 296 g/mol. The van der Waals surface area contributed by atoms with E-state index in [0.717, 1.165) is 4.88 Å². The number of carbonyl (C=O) groups is 1. The second-order valence-electron chi connectivity index (χ2n) is 4.01. The number of amides is 1. The Kier molecular flexibility index (Phi) is 4.39. The summed E-state index contributed by atoms with van der Waals surface area (Å²) >= 11 is 7.58. The normalized spacial score (nSPS) is 10.4. The minimum atomic E-state index is -0.152. The van der Waals surface area contributed by atoms with Crippen molar-refractivity contribution in [2.45, 2.75) is 13.5 Å². The molecular formula is C13H14ClN3OS. The van der Waals surface area contributed by atoms with Gasteiger partial charge in [0, 0.05) is 11.4 Å². The van der Waals surface area contributed by atoms with Crippen LogP contribution >= 0.6 is 22.9 Å². The summed E-state index contributed by atoms with van der Waals surface area (Å²) in [4.78, 5) is 19.2. The molecule has 4 nitrogen and oxygen atoms in total. The lowest BCUT2D eigenvalue weighted by Crippen LogP contribution is -2.30. The highest BCUT2D eigenvalue weighted by molar-refractivity contribution is 7.09. The van der Waals surface area contributed by atoms with Crippen molar-refractivity contribution in [2.75, 3.05) is 12.3 Å². The van der Waals surface area contributed by atoms with Crippen LogP contribution in [0.2, 0.25) is 5.15 Å². The zero-order valence-corrected chi connectivity index (χ0v) is 12.0. The zero-order chi connectivity index (χ0) is 13.8. The standard InChI is InChI=1S/C13H14ClN3OS/c1-2-17(8-10-4-3-5-19-10)13(18)11-6-9(15)7-16-12(11)14/h3-7H,2,8,15H2,1H3. The summed E-state index contributed by atoms with van der Waals surface area (Å²) in [5, 5.41) is 2.17. The molecule has 0 aliphatic rings. The van der Waals surface area contributed by atoms with Crippen molar-refractivity contribution in [3.63, 3.8) is 0 Å². The number of halogens is 1. The first kappa shape index (κ1) is 13.8. The van der Waals surface area contributed by atoms with Crippen LogP contribution in [0, 0.1) is 0 Å². The van der Waals surface area contributed by atoms with Crippen LogP contribution in [-0.4, -0.2) is 22.3 Å². The molecule has 0 aromatic carbocycles. The maximum absolute atomic E-state index is 12.4. The van der Waals surface area contributed by atoms with E-state index in [-0.39, 0.29) is 11.1 Å². The Morgan fingerprint density at radius 1 is 1.58 bits per heavy atom. The van der Waals surface area contributed by atoms with Gasteiger partial charge in [0.15, 0.2) is 0 Å². The highest BCUT2D eigenvalue weighted by Gasteiger charge is 2.18. The van der Waals surface area contributed by atoms with Gasteiger partial charge in [-0.15, -0.1) is 11.3 Å². The molecule has 0 saturated heterocycles. The molecule has 0 unspecified atom stereocenters. The summed E-state index contributed by atoms with van der Waals surface area (Å²) in [6.45, 7) is 3.10. The third-order valence-corrected chi connectivity index (χ3v) is 3.85. The maximum Gasteiger partial charge on any atom is 0.257 e. The highest BCUT2D eigenvalue weighted by Crippen LogP contribution is 2.20. The fourth-order valence-corrected chi connectivity index (χ4v) is 2.61. The largest absolute Gasteiger partial charge is 0.397 e. The fraction of sp³-hybridized carbons (Fsp3) is 0.231. The van der Waals surface area contributed by atoms with E-state index in [1.54, 1.807) is 22.3 Å². The van der Waals surface area contributed by atoms with Gasteiger partial charge in [-0.2, -0.15) is 0 Å². The van der Waals surface area contributed by atoms with Gasteiger partial charge in [0.2, 0.25) is 0 Å². The molecule has 0 bridgehead atoms. The molecule has 2 aromatic heterocycles. The molecule has 0 atom stereocenters. The molecule has 0 aliphatic heterocycles. The van der Waals surface area contributed by atoms with Crippen LogP contribution in [0.25, 0.3) is 0 Å². The minimum Gasteiger partial charge on any atom is -0.397 e. The first-order valence-corrected chi connectivity index (χ1v) is 7.10. The van der Waals surface area contributed by atoms with E-state index < -0.39 is 0 Å². The molecule has 2 rings (SSSR count). The summed E-state index contributed by atoms with van der Waals surface area (Å²) < 4.78 is 0. The number of nitrogen functional groups attached to an aromatic ring is 1. The van der Waals surface area contributed by atoms with Crippen molar-refractivity contribution in [1.82, 2.24) is 9.88 Å². The quantitative estimate of drug-likeness (QED) is 0.882. The number of thiophene rings is 1. The number of rotatable bonds is 4. The first-order valence-electron chi connectivity index (χ1n) is 5.84. The van der Waals surface area contributed by atoms with Gasteiger partial charge >= 0.3 is 0 Å². The molecule has 100 valence electrons. The van der Waals surface area contributed by atoms with Crippen molar-refractivity contribution in [1.29, 1.82) is 0 Å². The molecule has 2 aromatic rings. The summed E-state index contributed by atoms with van der Waals surface area (Å²) in [5.74, 6) is -0.152. The molecule has 6 heteroatoms. The van der Waals surface area contributed by atoms with Gasteiger partial charge in [-0.1, -0.05) is 17.7 Å². The number of nitrogens with two attached hydrogens (primary N) is 1. The summed E-state index contributed by atoms with van der Waals surface area (Å²) in [6, 6.07) is 5.53. The van der Waals surface area contributed by atoms with Gasteiger partial charge < -0.3 is 10.6 Å². The molecule has 0 radical (unpaired) electrons. The first-order chi connectivity index (χ1) is 9.11. The number of hydrogen-bond acceptors (Lipinski definition) is 4. The number of anilines is 1. The molecule has 2 N–H and O–H groups in total. The van der Waals surface area contributed by atoms with E-state index >= 15 is 0 Å². The number of aromatic nitrogens is 1. The number of nitrogens with zero attached hydrogens (tertiary/aromatic N) is 2. The Bertz CT molecular complexity index is 571. The molecule has 1 amide bonds. The Balaban J connectivity index is 2.23. The summed E-state index contributed by atoms with van der Waals surface area (Å²) in [6.07, 6.45) is 1.44. The van der Waals surface area contributed by atoms with Crippen molar-refractivity contribution >= 4 is 34.5 Å². The van der Waals surface area contributed by atoms with Crippen LogP contribution in [0.4, 0.5) is 5.69 Å². The Morgan fingerprint density at radius 3 is 3.00 bits per heavy atom. The molecule has 0 aliphatic carbocycles. The zero-order valence-electron chi connectivity index (χ0n) is 10.5. The minimum absolute atomic E-state index is 0.152. The van der Waals surface area contributed by atoms with Crippen LogP contribution in [0.1, 0.15) is 22.2 Å². The van der Waals surface area contributed by atoms with E-state index in [0.29, 0.717) is 24.3 Å². The Hall–Kier alpha value is -1.59. The predicted octanol–water partition coefficient (Wildman–Crippen LogP) is 3.04. The Morgan fingerprint density at radius 2 is 2.37 bits per heavy atom. The SMILES string of the molecule is CCN(Cc1cccs1)C(=O)c1cc(N)cnc1Cl. The second kappa shape index (κ2) is 6.04. The van der Waals surface area contributed by atoms with E-state index in [4.69, 9.17) is 17.3 Å². The molecular weight excluding hydrogens is 282 g/mol. The van der Waals surface area contributed by atoms with Crippen LogP contribution in [0.15, 0.2) is 29.8 Å². The lowest BCUT2D eigenvalue weighted by atomic mass is 10.2. The van der Waals surface area contributed by atoms with Crippen LogP contribution in [-0.2, 0) is 6.54 Å². The topological polar surface area (TPSA) is 59.2 Å². The smallest absolute Gasteiger partial charge is 0.257 e. The molecule has 0 saturated carbocycles. The number of hydrogen-bond donors (Lipinski definition) is 1. The van der Waals surface area contributed by atoms with Crippen LogP contribution < -0.4 is 5.73 Å². The van der Waals surface area contributed by atoms with Gasteiger partial charge in [0.25, 0.3) is 5.91 Å².